The van der Waals surface area contributed by atoms with E-state index in [2.05, 4.69) is 48.8 Å². The van der Waals surface area contributed by atoms with Gasteiger partial charge in [-0.3, -0.25) is 0 Å². The first-order valence-corrected chi connectivity index (χ1v) is 8.00. The quantitative estimate of drug-likeness (QED) is 0.812. The smallest absolute Gasteiger partial charge is 0.119 e. The maximum atomic E-state index is 5.67. The van der Waals surface area contributed by atoms with Crippen LogP contribution in [0.4, 0.5) is 0 Å². The summed E-state index contributed by atoms with van der Waals surface area (Å²) in [6.07, 6.45) is 0.218. The lowest BCUT2D eigenvalue weighted by Crippen LogP contribution is -2.21. The third kappa shape index (κ3) is 4.09. The molecule has 2 aromatic rings. The van der Waals surface area contributed by atoms with Gasteiger partial charge in [-0.15, -0.1) is 11.3 Å². The molecule has 0 aliphatic carbocycles. The largest absolute Gasteiger partial charge is 0.491 e. The Morgan fingerprint density at radius 3 is 2.20 bits per heavy atom. The van der Waals surface area contributed by atoms with Crippen molar-refractivity contribution in [1.82, 2.24) is 5.32 Å². The molecule has 1 heterocycles. The zero-order valence-corrected chi connectivity index (χ0v) is 13.4. The third-order valence-electron chi connectivity index (χ3n) is 3.22. The number of benzene rings is 1. The Morgan fingerprint density at radius 1 is 0.950 bits per heavy atom. The van der Waals surface area contributed by atoms with E-state index in [1.165, 1.54) is 10.4 Å². The second-order valence-electron chi connectivity index (χ2n) is 5.36. The van der Waals surface area contributed by atoms with Gasteiger partial charge in [0.2, 0.25) is 0 Å². The van der Waals surface area contributed by atoms with Crippen LogP contribution < -0.4 is 10.1 Å². The summed E-state index contributed by atoms with van der Waals surface area (Å²) in [5.74, 6) is 0.933. The fourth-order valence-electron chi connectivity index (χ4n) is 2.20. The Bertz CT molecular complexity index is 504. The molecule has 1 N–H and O–H groups in total. The van der Waals surface area contributed by atoms with Gasteiger partial charge in [-0.2, -0.15) is 0 Å². The van der Waals surface area contributed by atoms with E-state index in [-0.39, 0.29) is 6.10 Å². The van der Waals surface area contributed by atoms with E-state index in [1.807, 2.05) is 26.0 Å². The van der Waals surface area contributed by atoms with Crippen molar-refractivity contribution < 1.29 is 4.74 Å². The lowest BCUT2D eigenvalue weighted by Gasteiger charge is -2.20. The van der Waals surface area contributed by atoms with E-state index in [0.29, 0.717) is 12.1 Å². The highest BCUT2D eigenvalue weighted by atomic mass is 32.1. The summed E-state index contributed by atoms with van der Waals surface area (Å²) < 4.78 is 5.67. The van der Waals surface area contributed by atoms with Crippen LogP contribution in [0.5, 0.6) is 5.75 Å². The second kappa shape index (κ2) is 6.91. The topological polar surface area (TPSA) is 21.3 Å². The van der Waals surface area contributed by atoms with Gasteiger partial charge in [-0.05, 0) is 56.8 Å². The lowest BCUT2D eigenvalue weighted by molar-refractivity contribution is 0.242. The van der Waals surface area contributed by atoms with E-state index in [0.717, 1.165) is 5.75 Å². The summed E-state index contributed by atoms with van der Waals surface area (Å²) in [6.45, 7) is 8.49. The molecule has 0 spiro atoms. The highest BCUT2D eigenvalue weighted by molar-refractivity contribution is 7.10. The van der Waals surface area contributed by atoms with E-state index in [1.54, 1.807) is 11.3 Å². The first kappa shape index (κ1) is 15.1. The minimum Gasteiger partial charge on any atom is -0.491 e. The normalized spacial score (nSPS) is 14.2. The predicted octanol–water partition coefficient (Wildman–Crippen LogP) is 4.95. The highest BCUT2D eigenvalue weighted by Gasteiger charge is 2.12. The molecule has 0 saturated heterocycles. The molecule has 2 nitrogen and oxygen atoms in total. The monoisotopic (exact) mass is 289 g/mol. The highest BCUT2D eigenvalue weighted by Crippen LogP contribution is 2.24. The molecule has 0 radical (unpaired) electrons. The second-order valence-corrected chi connectivity index (χ2v) is 6.34. The van der Waals surface area contributed by atoms with Crippen LogP contribution >= 0.6 is 11.3 Å². The van der Waals surface area contributed by atoms with Crippen LogP contribution in [0.25, 0.3) is 0 Å². The molecule has 0 fully saturated rings. The van der Waals surface area contributed by atoms with Crippen LogP contribution in [0, 0.1) is 0 Å². The molecule has 2 rings (SSSR count). The van der Waals surface area contributed by atoms with E-state index >= 15 is 0 Å². The zero-order valence-electron chi connectivity index (χ0n) is 12.6. The molecule has 2 atom stereocenters. The van der Waals surface area contributed by atoms with Gasteiger partial charge in [0.05, 0.1) is 6.10 Å². The molecule has 2 unspecified atom stereocenters. The summed E-state index contributed by atoms with van der Waals surface area (Å²) in [7, 11) is 0. The summed E-state index contributed by atoms with van der Waals surface area (Å²) in [5.41, 5.74) is 1.28. The first-order valence-electron chi connectivity index (χ1n) is 7.12. The number of hydrogen-bond donors (Lipinski definition) is 1. The lowest BCUT2D eigenvalue weighted by atomic mass is 10.1. The fraction of sp³-hybridized carbons (Fsp3) is 0.412. The molecule has 0 saturated carbocycles. The van der Waals surface area contributed by atoms with Crippen LogP contribution in [0.3, 0.4) is 0 Å². The van der Waals surface area contributed by atoms with Gasteiger partial charge >= 0.3 is 0 Å². The Kier molecular flexibility index (Phi) is 5.21. The molecule has 3 heteroatoms. The van der Waals surface area contributed by atoms with Crippen molar-refractivity contribution in [1.29, 1.82) is 0 Å². The van der Waals surface area contributed by atoms with Crippen molar-refractivity contribution in [3.8, 4) is 5.75 Å². The molecule has 0 aliphatic heterocycles. The van der Waals surface area contributed by atoms with E-state index in [9.17, 15) is 0 Å². The van der Waals surface area contributed by atoms with Gasteiger partial charge in [0, 0.05) is 17.0 Å². The number of thiophene rings is 1. The fourth-order valence-corrected chi connectivity index (χ4v) is 2.94. The summed E-state index contributed by atoms with van der Waals surface area (Å²) in [6, 6.07) is 13.3. The van der Waals surface area contributed by atoms with Crippen LogP contribution in [-0.2, 0) is 0 Å². The number of ether oxygens (including phenoxy) is 1. The first-order chi connectivity index (χ1) is 9.56. The van der Waals surface area contributed by atoms with Crippen molar-refractivity contribution in [2.24, 2.45) is 0 Å². The molecule has 1 aromatic heterocycles. The Morgan fingerprint density at radius 2 is 1.65 bits per heavy atom. The van der Waals surface area contributed by atoms with Gasteiger partial charge in [-0.25, -0.2) is 0 Å². The van der Waals surface area contributed by atoms with E-state index in [4.69, 9.17) is 4.74 Å². The zero-order chi connectivity index (χ0) is 14.5. The van der Waals surface area contributed by atoms with Crippen molar-refractivity contribution in [3.63, 3.8) is 0 Å². The van der Waals surface area contributed by atoms with Gasteiger partial charge < -0.3 is 10.1 Å². The van der Waals surface area contributed by atoms with Crippen LogP contribution in [0.15, 0.2) is 41.8 Å². The van der Waals surface area contributed by atoms with Crippen molar-refractivity contribution in [2.45, 2.75) is 45.9 Å². The maximum Gasteiger partial charge on any atom is 0.119 e. The Hall–Kier alpha value is -1.32. The number of nitrogens with one attached hydrogen (secondary N) is 1. The standard InChI is InChI=1S/C17H23NOS/c1-12(2)19-16-9-7-15(8-10-16)13(3)18-14(4)17-6-5-11-20-17/h5-14,18H,1-4H3. The van der Waals surface area contributed by atoms with Crippen LogP contribution in [0.2, 0.25) is 0 Å². The van der Waals surface area contributed by atoms with Gasteiger partial charge in [0.1, 0.15) is 5.75 Å². The van der Waals surface area contributed by atoms with E-state index < -0.39 is 0 Å². The summed E-state index contributed by atoms with van der Waals surface area (Å²) in [5, 5.41) is 5.75. The molecule has 0 aliphatic rings. The number of rotatable bonds is 6. The third-order valence-corrected chi connectivity index (χ3v) is 4.28. The molecular formula is C17H23NOS. The minimum absolute atomic E-state index is 0.218. The molecule has 0 bridgehead atoms. The van der Waals surface area contributed by atoms with Crippen molar-refractivity contribution in [2.75, 3.05) is 0 Å². The van der Waals surface area contributed by atoms with Gasteiger partial charge in [0.15, 0.2) is 0 Å². The average molecular weight is 289 g/mol. The summed E-state index contributed by atoms with van der Waals surface area (Å²) in [4.78, 5) is 1.37. The molecule has 108 valence electrons. The van der Waals surface area contributed by atoms with Crippen molar-refractivity contribution >= 4 is 11.3 Å². The van der Waals surface area contributed by atoms with Crippen LogP contribution in [0.1, 0.15) is 50.2 Å². The summed E-state index contributed by atoms with van der Waals surface area (Å²) >= 11 is 1.79. The average Bonchev–Trinajstić information content (AvgIpc) is 2.92. The van der Waals surface area contributed by atoms with Crippen molar-refractivity contribution in [3.05, 3.63) is 52.2 Å². The van der Waals surface area contributed by atoms with Gasteiger partial charge in [0.25, 0.3) is 0 Å². The molecule has 1 aromatic carbocycles. The maximum absolute atomic E-state index is 5.67. The molecule has 20 heavy (non-hydrogen) atoms. The Labute approximate surface area is 125 Å². The predicted molar refractivity (Wildman–Crippen MR) is 86.5 cm³/mol. The SMILES string of the molecule is CC(C)Oc1ccc(C(C)NC(C)c2cccs2)cc1. The molecule has 0 amide bonds. The Balaban J connectivity index is 1.97. The van der Waals surface area contributed by atoms with Crippen LogP contribution in [-0.4, -0.2) is 6.10 Å². The van der Waals surface area contributed by atoms with Gasteiger partial charge in [-0.1, -0.05) is 18.2 Å². The minimum atomic E-state index is 0.218. The molecular weight excluding hydrogens is 266 g/mol. The number of hydrogen-bond acceptors (Lipinski definition) is 3.